The molecule has 0 radical (unpaired) electrons. The summed E-state index contributed by atoms with van der Waals surface area (Å²) in [6.07, 6.45) is 4.67. The second kappa shape index (κ2) is 11.6. The highest BCUT2D eigenvalue weighted by molar-refractivity contribution is 5.96. The number of hydrogen-bond donors (Lipinski definition) is 0. The molecule has 0 bridgehead atoms. The van der Waals surface area contributed by atoms with Gasteiger partial charge in [0.25, 0.3) is 5.91 Å². The van der Waals surface area contributed by atoms with Crippen LogP contribution in [0.4, 0.5) is 0 Å². The highest BCUT2D eigenvalue weighted by atomic mass is 35.5. The number of carbonyl (C=O) groups excluding carboxylic acids is 2. The Hall–Kier alpha value is -1.79. The van der Waals surface area contributed by atoms with Crippen LogP contribution in [0.5, 0.6) is 5.75 Å². The lowest BCUT2D eigenvalue weighted by Gasteiger charge is -2.39. The number of benzene rings is 1. The van der Waals surface area contributed by atoms with Gasteiger partial charge in [0.15, 0.2) is 0 Å². The SMILES string of the molecule is Cl.[2H]c1cc(OC)ccc1C(=O)N(CC)CC(=O)N1CCC(C2CCN(C)CC2)CC1. The molecule has 0 aliphatic carbocycles. The molecule has 2 heterocycles. The van der Waals surface area contributed by atoms with Crippen LogP contribution in [0.3, 0.4) is 0 Å². The van der Waals surface area contributed by atoms with Crippen LogP contribution >= 0.6 is 12.4 Å². The van der Waals surface area contributed by atoms with Crippen molar-refractivity contribution in [3.8, 4) is 5.75 Å². The molecule has 2 fully saturated rings. The van der Waals surface area contributed by atoms with Gasteiger partial charge in [0.05, 0.1) is 8.48 Å². The molecule has 0 saturated carbocycles. The van der Waals surface area contributed by atoms with E-state index in [2.05, 4.69) is 11.9 Å². The summed E-state index contributed by atoms with van der Waals surface area (Å²) in [6.45, 7) is 6.30. The summed E-state index contributed by atoms with van der Waals surface area (Å²) >= 11 is 0. The minimum atomic E-state index is -0.278. The van der Waals surface area contributed by atoms with Gasteiger partial charge in [-0.25, -0.2) is 0 Å². The lowest BCUT2D eigenvalue weighted by molar-refractivity contribution is -0.133. The smallest absolute Gasteiger partial charge is 0.254 e. The molecule has 1 aromatic rings. The van der Waals surface area contributed by atoms with Crippen molar-refractivity contribution < 1.29 is 15.7 Å². The third-order valence-corrected chi connectivity index (χ3v) is 6.57. The van der Waals surface area contributed by atoms with Crippen molar-refractivity contribution in [1.82, 2.24) is 14.7 Å². The largest absolute Gasteiger partial charge is 0.497 e. The van der Waals surface area contributed by atoms with E-state index in [1.54, 1.807) is 12.1 Å². The Morgan fingerprint density at radius 3 is 2.23 bits per heavy atom. The summed E-state index contributed by atoms with van der Waals surface area (Å²) in [5.74, 6) is 1.78. The van der Waals surface area contributed by atoms with Crippen LogP contribution < -0.4 is 4.74 Å². The number of hydrogen-bond acceptors (Lipinski definition) is 4. The molecule has 0 atom stereocenters. The van der Waals surface area contributed by atoms with Crippen LogP contribution in [0.2, 0.25) is 0 Å². The number of rotatable bonds is 6. The number of piperidine rings is 2. The fraction of sp³-hybridized carbons (Fsp3) is 0.652. The molecular weight excluding hydrogens is 402 g/mol. The summed E-state index contributed by atoms with van der Waals surface area (Å²) in [5.41, 5.74) is 0.298. The Balaban J connectivity index is 0.00000341. The van der Waals surface area contributed by atoms with Gasteiger partial charge in [0, 0.05) is 25.2 Å². The normalized spacial score (nSPS) is 19.0. The van der Waals surface area contributed by atoms with Gasteiger partial charge < -0.3 is 19.4 Å². The van der Waals surface area contributed by atoms with E-state index in [-0.39, 0.29) is 36.8 Å². The average molecular weight is 439 g/mol. The molecule has 6 nitrogen and oxygen atoms in total. The minimum absolute atomic E-state index is 0. The Kier molecular flexibility index (Phi) is 8.82. The maximum Gasteiger partial charge on any atom is 0.254 e. The third-order valence-electron chi connectivity index (χ3n) is 6.57. The van der Waals surface area contributed by atoms with E-state index >= 15 is 0 Å². The average Bonchev–Trinajstić information content (AvgIpc) is 2.77. The standard InChI is InChI=1S/C23H35N3O3.ClH/c1-4-25(23(28)20-5-7-21(29-3)8-6-20)17-22(27)26-15-11-19(12-16-26)18-9-13-24(2)14-10-18;/h5-8,18-19H,4,9-17H2,1-3H3;1H/i5D;. The minimum Gasteiger partial charge on any atom is -0.497 e. The first-order valence-electron chi connectivity index (χ1n) is 11.3. The molecule has 2 aliphatic rings. The second-order valence-corrected chi connectivity index (χ2v) is 8.32. The first-order valence-corrected chi connectivity index (χ1v) is 10.8. The van der Waals surface area contributed by atoms with Crippen molar-refractivity contribution in [2.45, 2.75) is 32.6 Å². The van der Waals surface area contributed by atoms with E-state index in [0.29, 0.717) is 17.9 Å². The van der Waals surface area contributed by atoms with Crippen molar-refractivity contribution in [3.63, 3.8) is 0 Å². The van der Waals surface area contributed by atoms with E-state index in [4.69, 9.17) is 6.11 Å². The number of nitrogens with zero attached hydrogens (tertiary/aromatic N) is 3. The molecule has 1 aromatic carbocycles. The Bertz CT molecular complexity index is 748. The zero-order chi connectivity index (χ0) is 21.7. The van der Waals surface area contributed by atoms with Crippen LogP contribution in [0.1, 0.15) is 44.3 Å². The number of carbonyl (C=O) groups is 2. The van der Waals surface area contributed by atoms with Gasteiger partial charge in [-0.2, -0.15) is 0 Å². The number of likely N-dealkylation sites (tertiary alicyclic amines) is 2. The highest BCUT2D eigenvalue weighted by Gasteiger charge is 2.31. The molecule has 3 rings (SSSR count). The second-order valence-electron chi connectivity index (χ2n) is 8.32. The van der Waals surface area contributed by atoms with Gasteiger partial charge in [-0.05, 0) is 88.8 Å². The van der Waals surface area contributed by atoms with Crippen molar-refractivity contribution in [1.29, 1.82) is 0 Å². The lowest BCUT2D eigenvalue weighted by atomic mass is 9.79. The Morgan fingerprint density at radius 2 is 1.70 bits per heavy atom. The molecule has 30 heavy (non-hydrogen) atoms. The van der Waals surface area contributed by atoms with Gasteiger partial charge in [0.1, 0.15) is 12.3 Å². The van der Waals surface area contributed by atoms with Crippen molar-refractivity contribution >= 4 is 24.2 Å². The maximum absolute atomic E-state index is 12.9. The van der Waals surface area contributed by atoms with Gasteiger partial charge in [-0.1, -0.05) is 0 Å². The molecule has 2 amide bonds. The van der Waals surface area contributed by atoms with Gasteiger partial charge in [-0.3, -0.25) is 9.59 Å². The predicted octanol–water partition coefficient (Wildman–Crippen LogP) is 3.16. The molecule has 2 aliphatic heterocycles. The van der Waals surface area contributed by atoms with Gasteiger partial charge in [0.2, 0.25) is 5.91 Å². The molecule has 2 saturated heterocycles. The quantitative estimate of drug-likeness (QED) is 0.684. The molecule has 0 N–H and O–H groups in total. The number of halogens is 1. The summed E-state index contributed by atoms with van der Waals surface area (Å²) in [7, 11) is 3.72. The molecule has 168 valence electrons. The van der Waals surface area contributed by atoms with Gasteiger partial charge >= 0.3 is 0 Å². The zero-order valence-corrected chi connectivity index (χ0v) is 19.2. The topological polar surface area (TPSA) is 53.1 Å². The molecule has 0 aromatic heterocycles. The van der Waals surface area contributed by atoms with Crippen molar-refractivity contribution in [2.24, 2.45) is 11.8 Å². The van der Waals surface area contributed by atoms with Crippen LogP contribution in [0, 0.1) is 11.8 Å². The number of methoxy groups -OCH3 is 1. The fourth-order valence-corrected chi connectivity index (χ4v) is 4.55. The number of ether oxygens (including phenoxy) is 1. The van der Waals surface area contributed by atoms with Crippen molar-refractivity contribution in [3.05, 3.63) is 29.8 Å². The van der Waals surface area contributed by atoms with E-state index in [0.717, 1.165) is 37.8 Å². The lowest BCUT2D eigenvalue weighted by Crippen LogP contribution is -2.47. The molecule has 0 unspecified atom stereocenters. The summed E-state index contributed by atoms with van der Waals surface area (Å²) in [6, 6.07) is 4.92. The van der Waals surface area contributed by atoms with Crippen LogP contribution in [-0.4, -0.2) is 79.9 Å². The zero-order valence-electron chi connectivity index (χ0n) is 19.4. The van der Waals surface area contributed by atoms with Crippen LogP contribution in [0.25, 0.3) is 0 Å². The summed E-state index contributed by atoms with van der Waals surface area (Å²) in [4.78, 5) is 31.6. The van der Waals surface area contributed by atoms with Crippen molar-refractivity contribution in [2.75, 3.05) is 53.4 Å². The Morgan fingerprint density at radius 1 is 1.10 bits per heavy atom. The fourth-order valence-electron chi connectivity index (χ4n) is 4.55. The molecule has 0 spiro atoms. The van der Waals surface area contributed by atoms with Crippen LogP contribution in [-0.2, 0) is 4.79 Å². The molecule has 7 heteroatoms. The molecular formula is C23H36ClN3O3. The number of likely N-dealkylation sites (N-methyl/N-ethyl adjacent to an activating group) is 1. The van der Waals surface area contributed by atoms with E-state index < -0.39 is 0 Å². The highest BCUT2D eigenvalue weighted by Crippen LogP contribution is 2.32. The first kappa shape index (κ1) is 22.9. The first-order chi connectivity index (χ1) is 14.4. The summed E-state index contributed by atoms with van der Waals surface area (Å²) in [5, 5.41) is 0. The monoisotopic (exact) mass is 438 g/mol. The van der Waals surface area contributed by atoms with E-state index in [9.17, 15) is 9.59 Å². The third kappa shape index (κ3) is 6.11. The van der Waals surface area contributed by atoms with E-state index in [1.165, 1.54) is 44.0 Å². The van der Waals surface area contributed by atoms with E-state index in [1.807, 2.05) is 11.8 Å². The Labute approximate surface area is 188 Å². The maximum atomic E-state index is 12.9. The summed E-state index contributed by atoms with van der Waals surface area (Å²) < 4.78 is 13.2. The predicted molar refractivity (Wildman–Crippen MR) is 121 cm³/mol. The van der Waals surface area contributed by atoms with Gasteiger partial charge in [-0.15, -0.1) is 12.4 Å². The number of amides is 2. The van der Waals surface area contributed by atoms with Crippen LogP contribution in [0.15, 0.2) is 24.2 Å².